The van der Waals surface area contributed by atoms with E-state index in [2.05, 4.69) is 0 Å². The lowest BCUT2D eigenvalue weighted by atomic mass is 10.0. The lowest BCUT2D eigenvalue weighted by molar-refractivity contribution is -0.149. The molecule has 0 bridgehead atoms. The highest BCUT2D eigenvalue weighted by atomic mass is 19.4. The number of halogens is 3. The first kappa shape index (κ1) is 11.7. The fourth-order valence-corrected chi connectivity index (χ4v) is 1.49. The summed E-state index contributed by atoms with van der Waals surface area (Å²) < 4.78 is 42.2. The Bertz CT molecular complexity index is 473. The smallest absolute Gasteiger partial charge is 0.407 e. The van der Waals surface area contributed by atoms with Gasteiger partial charge in [0, 0.05) is 5.56 Å². The van der Waals surface area contributed by atoms with Crippen LogP contribution in [0.4, 0.5) is 13.2 Å². The van der Waals surface area contributed by atoms with E-state index in [0.717, 1.165) is 0 Å². The second-order valence-corrected chi connectivity index (χ2v) is 3.62. The normalized spacial score (nSPS) is 13.6. The molecule has 0 aliphatic heterocycles. The monoisotopic (exact) mass is 241 g/mol. The van der Waals surface area contributed by atoms with E-state index in [4.69, 9.17) is 10.2 Å². The van der Waals surface area contributed by atoms with E-state index >= 15 is 0 Å². The highest BCUT2D eigenvalue weighted by Gasteiger charge is 2.37. The molecule has 17 heavy (non-hydrogen) atoms. The van der Waals surface area contributed by atoms with Crippen LogP contribution >= 0.6 is 0 Å². The lowest BCUT2D eigenvalue weighted by Gasteiger charge is -2.15. The number of furan rings is 1. The van der Waals surface area contributed by atoms with Crippen molar-refractivity contribution in [2.75, 3.05) is 0 Å². The largest absolute Gasteiger partial charge is 0.464 e. The van der Waals surface area contributed by atoms with Crippen LogP contribution in [0, 0.1) is 0 Å². The minimum absolute atomic E-state index is 0.0350. The topological polar surface area (TPSA) is 39.2 Å². The van der Waals surface area contributed by atoms with Crippen molar-refractivity contribution < 1.29 is 17.6 Å². The minimum Gasteiger partial charge on any atom is -0.464 e. The standard InChI is InChI=1S/C12H10F3NO/c13-12(14,15)11(16)9-5-3-8(4-6-9)10-2-1-7-17-10/h1-7,11H,16H2/t11-/m0/s1. The molecular formula is C12H10F3NO. The predicted octanol–water partition coefficient (Wildman–Crippen LogP) is 3.51. The van der Waals surface area contributed by atoms with E-state index in [-0.39, 0.29) is 5.56 Å². The zero-order chi connectivity index (χ0) is 12.5. The van der Waals surface area contributed by atoms with Crippen LogP contribution in [0.15, 0.2) is 47.1 Å². The van der Waals surface area contributed by atoms with Crippen molar-refractivity contribution in [3.63, 3.8) is 0 Å². The van der Waals surface area contributed by atoms with Crippen molar-refractivity contribution in [2.45, 2.75) is 12.2 Å². The van der Waals surface area contributed by atoms with Gasteiger partial charge in [-0.15, -0.1) is 0 Å². The van der Waals surface area contributed by atoms with Gasteiger partial charge in [0.25, 0.3) is 0 Å². The van der Waals surface area contributed by atoms with Crippen molar-refractivity contribution in [1.82, 2.24) is 0 Å². The molecule has 1 aromatic heterocycles. The summed E-state index contributed by atoms with van der Waals surface area (Å²) in [5.74, 6) is 0.608. The third-order valence-electron chi connectivity index (χ3n) is 2.43. The minimum atomic E-state index is -4.42. The summed E-state index contributed by atoms with van der Waals surface area (Å²) in [5.41, 5.74) is 5.84. The van der Waals surface area contributed by atoms with Gasteiger partial charge in [-0.1, -0.05) is 24.3 Å². The van der Waals surface area contributed by atoms with Gasteiger partial charge in [0.1, 0.15) is 11.8 Å². The molecule has 0 saturated heterocycles. The summed E-state index contributed by atoms with van der Waals surface area (Å²) in [7, 11) is 0. The van der Waals surface area contributed by atoms with Crippen molar-refractivity contribution in [3.05, 3.63) is 48.2 Å². The molecule has 1 heterocycles. The van der Waals surface area contributed by atoms with E-state index in [1.165, 1.54) is 18.4 Å². The molecule has 5 heteroatoms. The molecule has 1 atom stereocenters. The molecule has 90 valence electrons. The summed E-state index contributed by atoms with van der Waals surface area (Å²) in [4.78, 5) is 0. The highest BCUT2D eigenvalue weighted by molar-refractivity contribution is 5.57. The SMILES string of the molecule is N[C@@H](c1ccc(-c2ccco2)cc1)C(F)(F)F. The van der Waals surface area contributed by atoms with Crippen LogP contribution in [-0.2, 0) is 0 Å². The first-order valence-corrected chi connectivity index (χ1v) is 4.94. The van der Waals surface area contributed by atoms with Gasteiger partial charge in [-0.05, 0) is 17.7 Å². The molecule has 2 N–H and O–H groups in total. The fourth-order valence-electron chi connectivity index (χ4n) is 1.49. The van der Waals surface area contributed by atoms with Crippen molar-refractivity contribution >= 4 is 0 Å². The number of nitrogens with two attached hydrogens (primary N) is 1. The van der Waals surface area contributed by atoms with Gasteiger partial charge in [0.2, 0.25) is 0 Å². The third-order valence-corrected chi connectivity index (χ3v) is 2.43. The van der Waals surface area contributed by atoms with E-state index in [0.29, 0.717) is 11.3 Å². The third kappa shape index (κ3) is 2.50. The van der Waals surface area contributed by atoms with Crippen molar-refractivity contribution in [1.29, 1.82) is 0 Å². The Balaban J connectivity index is 2.25. The zero-order valence-corrected chi connectivity index (χ0v) is 8.74. The maximum atomic E-state index is 12.4. The Kier molecular flexibility index (Phi) is 2.93. The van der Waals surface area contributed by atoms with Gasteiger partial charge in [0.15, 0.2) is 0 Å². The van der Waals surface area contributed by atoms with Crippen molar-refractivity contribution in [2.24, 2.45) is 5.73 Å². The molecule has 0 aliphatic carbocycles. The van der Waals surface area contributed by atoms with Crippen LogP contribution in [0.2, 0.25) is 0 Å². The number of benzene rings is 1. The van der Waals surface area contributed by atoms with Gasteiger partial charge in [-0.3, -0.25) is 0 Å². The number of hydrogen-bond donors (Lipinski definition) is 1. The lowest BCUT2D eigenvalue weighted by Crippen LogP contribution is -2.28. The molecule has 0 unspecified atom stereocenters. The molecular weight excluding hydrogens is 231 g/mol. The average Bonchev–Trinajstić information content (AvgIpc) is 2.80. The van der Waals surface area contributed by atoms with Crippen LogP contribution in [0.25, 0.3) is 11.3 Å². The molecule has 0 saturated carbocycles. The summed E-state index contributed by atoms with van der Waals surface area (Å²) in [6.07, 6.45) is -2.92. The summed E-state index contributed by atoms with van der Waals surface area (Å²) in [6, 6.07) is 7.32. The van der Waals surface area contributed by atoms with E-state index in [1.54, 1.807) is 24.3 Å². The van der Waals surface area contributed by atoms with E-state index < -0.39 is 12.2 Å². The van der Waals surface area contributed by atoms with Gasteiger partial charge in [0.05, 0.1) is 6.26 Å². The molecule has 2 nitrogen and oxygen atoms in total. The first-order valence-electron chi connectivity index (χ1n) is 4.94. The second kappa shape index (κ2) is 4.25. The van der Waals surface area contributed by atoms with Gasteiger partial charge in [-0.25, -0.2) is 0 Å². The summed E-state index contributed by atoms with van der Waals surface area (Å²) in [6.45, 7) is 0. The molecule has 0 radical (unpaired) electrons. The van der Waals surface area contributed by atoms with Crippen LogP contribution < -0.4 is 5.73 Å². The number of hydrogen-bond acceptors (Lipinski definition) is 2. The summed E-state index contributed by atoms with van der Waals surface area (Å²) in [5, 5.41) is 0. The van der Waals surface area contributed by atoms with Gasteiger partial charge in [-0.2, -0.15) is 13.2 Å². The van der Waals surface area contributed by atoms with Crippen molar-refractivity contribution in [3.8, 4) is 11.3 Å². The molecule has 2 aromatic rings. The fraction of sp³-hybridized carbons (Fsp3) is 0.167. The van der Waals surface area contributed by atoms with Crippen LogP contribution in [0.5, 0.6) is 0 Å². The Hall–Kier alpha value is -1.75. The maximum Gasteiger partial charge on any atom is 0.407 e. The van der Waals surface area contributed by atoms with Gasteiger partial charge >= 0.3 is 6.18 Å². The van der Waals surface area contributed by atoms with E-state index in [9.17, 15) is 13.2 Å². The Morgan fingerprint density at radius 3 is 2.18 bits per heavy atom. The van der Waals surface area contributed by atoms with Crippen LogP contribution in [-0.4, -0.2) is 6.18 Å². The first-order chi connectivity index (χ1) is 7.98. The molecule has 0 amide bonds. The Labute approximate surface area is 95.8 Å². The maximum absolute atomic E-state index is 12.4. The average molecular weight is 241 g/mol. The predicted molar refractivity (Wildman–Crippen MR) is 57.1 cm³/mol. The second-order valence-electron chi connectivity index (χ2n) is 3.62. The van der Waals surface area contributed by atoms with Crippen LogP contribution in [0.1, 0.15) is 11.6 Å². The molecule has 0 fully saturated rings. The molecule has 2 rings (SSSR count). The van der Waals surface area contributed by atoms with Crippen LogP contribution in [0.3, 0.4) is 0 Å². The molecule has 1 aromatic carbocycles. The highest BCUT2D eigenvalue weighted by Crippen LogP contribution is 2.31. The Morgan fingerprint density at radius 2 is 1.71 bits per heavy atom. The molecule has 0 spiro atoms. The summed E-state index contributed by atoms with van der Waals surface area (Å²) >= 11 is 0. The quantitative estimate of drug-likeness (QED) is 0.873. The number of alkyl halides is 3. The van der Waals surface area contributed by atoms with E-state index in [1.807, 2.05) is 0 Å². The molecule has 0 aliphatic rings. The number of rotatable bonds is 2. The van der Waals surface area contributed by atoms with Gasteiger partial charge < -0.3 is 10.2 Å². The Morgan fingerprint density at radius 1 is 1.06 bits per heavy atom. The zero-order valence-electron chi connectivity index (χ0n) is 8.74.